The zero-order valence-corrected chi connectivity index (χ0v) is 8.11. The van der Waals surface area contributed by atoms with E-state index in [1.165, 1.54) is 29.7 Å². The molecular formula is C12H14N2. The zero-order chi connectivity index (χ0) is 9.54. The molecule has 1 saturated carbocycles. The first-order chi connectivity index (χ1) is 6.90. The molecule has 1 aromatic carbocycles. The Bertz CT molecular complexity index is 395. The molecule has 1 aromatic rings. The van der Waals surface area contributed by atoms with Gasteiger partial charge in [0, 0.05) is 11.6 Å². The highest BCUT2D eigenvalue weighted by atomic mass is 15.1. The van der Waals surface area contributed by atoms with Gasteiger partial charge in [0.05, 0.1) is 0 Å². The number of benzene rings is 1. The molecule has 2 bridgehead atoms. The Morgan fingerprint density at radius 1 is 1.14 bits per heavy atom. The largest absolute Gasteiger partial charge is 0.323 e. The average molecular weight is 186 g/mol. The third-order valence-electron chi connectivity index (χ3n) is 3.64. The van der Waals surface area contributed by atoms with Crippen LogP contribution >= 0.6 is 0 Å². The minimum Gasteiger partial charge on any atom is -0.323 e. The molecular weight excluding hydrogens is 172 g/mol. The second-order valence-corrected chi connectivity index (χ2v) is 4.28. The number of hydrazone groups is 1. The summed E-state index contributed by atoms with van der Waals surface area (Å²) in [5.41, 5.74) is 4.22. The van der Waals surface area contributed by atoms with Gasteiger partial charge in [0.15, 0.2) is 0 Å². The fourth-order valence-electron chi connectivity index (χ4n) is 2.97. The Labute approximate surface area is 83.8 Å². The van der Waals surface area contributed by atoms with Crippen LogP contribution in [0.5, 0.6) is 0 Å². The lowest BCUT2D eigenvalue weighted by molar-refractivity contribution is 0.498. The summed E-state index contributed by atoms with van der Waals surface area (Å²) in [5.74, 6) is 6.63. The number of fused-ring (bicyclic) bond motifs is 2. The van der Waals surface area contributed by atoms with Crippen LogP contribution in [0.1, 0.15) is 42.2 Å². The van der Waals surface area contributed by atoms with E-state index in [0.717, 1.165) is 6.42 Å². The van der Waals surface area contributed by atoms with Gasteiger partial charge in [-0.25, -0.2) is 0 Å². The third-order valence-corrected chi connectivity index (χ3v) is 3.64. The van der Waals surface area contributed by atoms with Crippen molar-refractivity contribution in [2.75, 3.05) is 0 Å². The second-order valence-electron chi connectivity index (χ2n) is 4.28. The van der Waals surface area contributed by atoms with E-state index >= 15 is 0 Å². The molecule has 0 amide bonds. The number of rotatable bonds is 0. The van der Waals surface area contributed by atoms with Crippen molar-refractivity contribution in [1.29, 1.82) is 0 Å². The fraction of sp³-hybridized carbons (Fsp3) is 0.417. The highest BCUT2D eigenvalue weighted by Gasteiger charge is 2.36. The molecule has 2 atom stereocenters. The molecule has 1 fully saturated rings. The first kappa shape index (κ1) is 8.04. The quantitative estimate of drug-likeness (QED) is 0.490. The van der Waals surface area contributed by atoms with E-state index < -0.39 is 0 Å². The van der Waals surface area contributed by atoms with Gasteiger partial charge in [-0.3, -0.25) is 0 Å². The van der Waals surface area contributed by atoms with Gasteiger partial charge >= 0.3 is 0 Å². The van der Waals surface area contributed by atoms with Crippen molar-refractivity contribution < 1.29 is 0 Å². The Balaban J connectivity index is 2.17. The van der Waals surface area contributed by atoms with Gasteiger partial charge in [-0.15, -0.1) is 0 Å². The molecule has 2 heteroatoms. The van der Waals surface area contributed by atoms with E-state index in [2.05, 4.69) is 29.4 Å². The molecule has 0 spiro atoms. The van der Waals surface area contributed by atoms with Crippen LogP contribution in [-0.4, -0.2) is 5.71 Å². The number of hydrogen-bond acceptors (Lipinski definition) is 2. The van der Waals surface area contributed by atoms with Gasteiger partial charge in [0.1, 0.15) is 0 Å². The summed E-state index contributed by atoms with van der Waals surface area (Å²) in [7, 11) is 0. The number of nitrogens with zero attached hydrogens (tertiary/aromatic N) is 1. The van der Waals surface area contributed by atoms with Crippen molar-refractivity contribution >= 4 is 5.71 Å². The number of hydrogen-bond donors (Lipinski definition) is 1. The molecule has 0 unspecified atom stereocenters. The van der Waals surface area contributed by atoms with E-state index in [9.17, 15) is 0 Å². The normalized spacial score (nSPS) is 31.9. The topological polar surface area (TPSA) is 38.4 Å². The summed E-state index contributed by atoms with van der Waals surface area (Å²) in [4.78, 5) is 0. The maximum Gasteiger partial charge on any atom is 0.0456 e. The lowest BCUT2D eigenvalue weighted by Gasteiger charge is -2.38. The molecule has 3 aliphatic rings. The molecule has 4 rings (SSSR count). The molecule has 0 radical (unpaired) electrons. The lowest BCUT2D eigenvalue weighted by Crippen LogP contribution is -2.30. The molecule has 3 aliphatic carbocycles. The van der Waals surface area contributed by atoms with E-state index in [1.54, 1.807) is 0 Å². The van der Waals surface area contributed by atoms with Gasteiger partial charge in [0.25, 0.3) is 0 Å². The molecule has 14 heavy (non-hydrogen) atoms. The van der Waals surface area contributed by atoms with Crippen LogP contribution in [0.3, 0.4) is 0 Å². The predicted octanol–water partition coefficient (Wildman–Crippen LogP) is 2.37. The molecule has 0 saturated heterocycles. The van der Waals surface area contributed by atoms with E-state index in [4.69, 9.17) is 5.84 Å². The molecule has 0 heterocycles. The van der Waals surface area contributed by atoms with E-state index in [1.807, 2.05) is 0 Å². The predicted molar refractivity (Wildman–Crippen MR) is 57.4 cm³/mol. The van der Waals surface area contributed by atoms with Gasteiger partial charge in [-0.1, -0.05) is 24.3 Å². The monoisotopic (exact) mass is 186 g/mol. The summed E-state index contributed by atoms with van der Waals surface area (Å²) >= 11 is 0. The second kappa shape index (κ2) is 2.84. The SMILES string of the molecule is N/N=C1/C[C@@H]2CC[C@@H]1c1ccccc12. The van der Waals surface area contributed by atoms with Crippen molar-refractivity contribution in [3.8, 4) is 0 Å². The summed E-state index contributed by atoms with van der Waals surface area (Å²) in [6.45, 7) is 0. The van der Waals surface area contributed by atoms with Crippen LogP contribution in [0.25, 0.3) is 0 Å². The highest BCUT2D eigenvalue weighted by Crippen LogP contribution is 2.47. The Hall–Kier alpha value is -1.31. The first-order valence-corrected chi connectivity index (χ1v) is 5.25. The molecule has 0 aliphatic heterocycles. The maximum absolute atomic E-state index is 5.43. The summed E-state index contributed by atoms with van der Waals surface area (Å²) < 4.78 is 0. The minimum atomic E-state index is 0.515. The van der Waals surface area contributed by atoms with Crippen LogP contribution in [0, 0.1) is 0 Å². The Morgan fingerprint density at radius 3 is 2.71 bits per heavy atom. The van der Waals surface area contributed by atoms with Gasteiger partial charge in [0.2, 0.25) is 0 Å². The smallest absolute Gasteiger partial charge is 0.0456 e. The summed E-state index contributed by atoms with van der Waals surface area (Å²) in [6.07, 6.45) is 3.62. The third kappa shape index (κ3) is 0.939. The minimum absolute atomic E-state index is 0.515. The van der Waals surface area contributed by atoms with Crippen molar-refractivity contribution in [1.82, 2.24) is 0 Å². The van der Waals surface area contributed by atoms with Crippen LogP contribution in [0.2, 0.25) is 0 Å². The molecule has 0 aromatic heterocycles. The Kier molecular flexibility index (Phi) is 1.63. The fourth-order valence-corrected chi connectivity index (χ4v) is 2.97. The van der Waals surface area contributed by atoms with Crippen LogP contribution < -0.4 is 5.84 Å². The highest BCUT2D eigenvalue weighted by molar-refractivity contribution is 5.94. The van der Waals surface area contributed by atoms with E-state index in [0.29, 0.717) is 11.8 Å². The van der Waals surface area contributed by atoms with Crippen LogP contribution in [0.15, 0.2) is 29.4 Å². The number of nitrogens with two attached hydrogens (primary N) is 1. The van der Waals surface area contributed by atoms with E-state index in [-0.39, 0.29) is 0 Å². The van der Waals surface area contributed by atoms with Crippen molar-refractivity contribution in [2.24, 2.45) is 10.9 Å². The standard InChI is InChI=1S/C12H14N2/c13-14-12-7-8-5-6-11(12)10-4-2-1-3-9(8)10/h1-4,8,11H,5-7,13H2/b14-12-/t8-,11+/m0/s1. The van der Waals surface area contributed by atoms with Gasteiger partial charge in [-0.05, 0) is 36.3 Å². The maximum atomic E-state index is 5.43. The van der Waals surface area contributed by atoms with Crippen molar-refractivity contribution in [2.45, 2.75) is 31.1 Å². The molecule has 2 N–H and O–H groups in total. The molecule has 72 valence electrons. The first-order valence-electron chi connectivity index (χ1n) is 5.25. The summed E-state index contributed by atoms with van der Waals surface area (Å²) in [6, 6.07) is 8.75. The van der Waals surface area contributed by atoms with Crippen molar-refractivity contribution in [3.63, 3.8) is 0 Å². The van der Waals surface area contributed by atoms with Crippen LogP contribution in [0.4, 0.5) is 0 Å². The van der Waals surface area contributed by atoms with Gasteiger partial charge < -0.3 is 5.84 Å². The van der Waals surface area contributed by atoms with Crippen LogP contribution in [-0.2, 0) is 0 Å². The Morgan fingerprint density at radius 2 is 1.93 bits per heavy atom. The van der Waals surface area contributed by atoms with Crippen molar-refractivity contribution in [3.05, 3.63) is 35.4 Å². The zero-order valence-electron chi connectivity index (χ0n) is 8.11. The summed E-state index contributed by atoms with van der Waals surface area (Å²) in [5, 5.41) is 3.95. The molecule has 2 nitrogen and oxygen atoms in total. The van der Waals surface area contributed by atoms with Gasteiger partial charge in [-0.2, -0.15) is 5.10 Å². The lowest BCUT2D eigenvalue weighted by atomic mass is 9.66. The average Bonchev–Trinajstić information content (AvgIpc) is 2.30.